The molecule has 0 bridgehead atoms. The standard InChI is InChI=1S/C4H5O4.Na.H/c1-2(3(5)6)4(7)8;;/h2H,1H2,(H,5,6)(H,7,8);;. The van der Waals surface area contributed by atoms with Gasteiger partial charge in [0.2, 0.25) is 0 Å². The molecule has 0 rings (SSSR count). The van der Waals surface area contributed by atoms with Gasteiger partial charge in [0, 0.05) is 0 Å². The van der Waals surface area contributed by atoms with Gasteiger partial charge >= 0.3 is 41.5 Å². The summed E-state index contributed by atoms with van der Waals surface area (Å²) in [4.78, 5) is 19.4. The van der Waals surface area contributed by atoms with Gasteiger partial charge in [-0.25, -0.2) is 0 Å². The fourth-order valence-corrected chi connectivity index (χ4v) is 0.106. The van der Waals surface area contributed by atoms with E-state index in [9.17, 15) is 9.59 Å². The van der Waals surface area contributed by atoms with E-state index in [1.807, 2.05) is 0 Å². The molecule has 0 aromatic rings. The van der Waals surface area contributed by atoms with Gasteiger partial charge in [-0.2, -0.15) is 0 Å². The summed E-state index contributed by atoms with van der Waals surface area (Å²) in [6, 6.07) is 0. The zero-order valence-electron chi connectivity index (χ0n) is 4.00. The van der Waals surface area contributed by atoms with Gasteiger partial charge in [-0.05, 0) is 6.92 Å². The Balaban J connectivity index is 0. The van der Waals surface area contributed by atoms with Crippen LogP contribution in [0.1, 0.15) is 0 Å². The summed E-state index contributed by atoms with van der Waals surface area (Å²) >= 11 is 0. The Kier molecular flexibility index (Phi) is 6.22. The van der Waals surface area contributed by atoms with Crippen LogP contribution in [0, 0.1) is 12.8 Å². The quantitative estimate of drug-likeness (QED) is 0.380. The number of aliphatic carboxylic acids is 2. The first-order valence-corrected chi connectivity index (χ1v) is 1.84. The first kappa shape index (κ1) is 11.7. The summed E-state index contributed by atoms with van der Waals surface area (Å²) in [5.41, 5.74) is 0. The average molecular weight is 141 g/mol. The zero-order chi connectivity index (χ0) is 6.73. The molecule has 5 heteroatoms. The predicted molar refractivity (Wildman–Crippen MR) is 31.3 cm³/mol. The van der Waals surface area contributed by atoms with Gasteiger partial charge in [0.25, 0.3) is 0 Å². The Hall–Kier alpha value is -0.0600. The Morgan fingerprint density at radius 1 is 1.22 bits per heavy atom. The maximum atomic E-state index is 9.70. The maximum absolute atomic E-state index is 9.70. The second-order valence-electron chi connectivity index (χ2n) is 1.23. The minimum atomic E-state index is -1.55. The number of carboxylic acid groups (broad SMARTS) is 2. The van der Waals surface area contributed by atoms with Gasteiger partial charge in [-0.3, -0.25) is 9.59 Å². The predicted octanol–water partition coefficient (Wildman–Crippen LogP) is -1.04. The van der Waals surface area contributed by atoms with Crippen LogP contribution in [0.3, 0.4) is 0 Å². The van der Waals surface area contributed by atoms with Crippen molar-refractivity contribution in [2.75, 3.05) is 0 Å². The second kappa shape index (κ2) is 4.78. The second-order valence-corrected chi connectivity index (χ2v) is 1.23. The molecule has 2 N–H and O–H groups in total. The molecule has 0 unspecified atom stereocenters. The van der Waals surface area contributed by atoms with Gasteiger partial charge in [-0.1, -0.05) is 0 Å². The van der Waals surface area contributed by atoms with Crippen molar-refractivity contribution in [1.82, 2.24) is 0 Å². The third kappa shape index (κ3) is 4.44. The summed E-state index contributed by atoms with van der Waals surface area (Å²) in [5.74, 6) is -4.38. The van der Waals surface area contributed by atoms with Gasteiger partial charge in [-0.15, -0.1) is 0 Å². The monoisotopic (exact) mass is 141 g/mol. The molecule has 0 aromatic carbocycles. The Bertz CT molecular complexity index is 108. The van der Waals surface area contributed by atoms with Crippen LogP contribution >= 0.6 is 0 Å². The van der Waals surface area contributed by atoms with Crippen molar-refractivity contribution in [3.63, 3.8) is 0 Å². The summed E-state index contributed by atoms with van der Waals surface area (Å²) in [7, 11) is 0. The Morgan fingerprint density at radius 3 is 1.44 bits per heavy atom. The first-order chi connectivity index (χ1) is 3.55. The van der Waals surface area contributed by atoms with Gasteiger partial charge in [0.15, 0.2) is 5.92 Å². The van der Waals surface area contributed by atoms with Crippen LogP contribution in [0.2, 0.25) is 0 Å². The van der Waals surface area contributed by atoms with E-state index in [1.165, 1.54) is 0 Å². The molecule has 0 fully saturated rings. The number of hydrogen-bond acceptors (Lipinski definition) is 2. The summed E-state index contributed by atoms with van der Waals surface area (Å²) in [5, 5.41) is 15.8. The van der Waals surface area contributed by atoms with Crippen molar-refractivity contribution < 1.29 is 19.8 Å². The van der Waals surface area contributed by atoms with E-state index in [0.29, 0.717) is 0 Å². The molecule has 0 saturated heterocycles. The molecule has 0 aliphatic carbocycles. The van der Waals surface area contributed by atoms with E-state index in [2.05, 4.69) is 6.92 Å². The van der Waals surface area contributed by atoms with Gasteiger partial charge in [0.05, 0.1) is 0 Å². The number of hydrogen-bond donors (Lipinski definition) is 2. The van der Waals surface area contributed by atoms with Crippen molar-refractivity contribution in [2.45, 2.75) is 0 Å². The molecule has 0 aliphatic rings. The summed E-state index contributed by atoms with van der Waals surface area (Å²) < 4.78 is 0. The van der Waals surface area contributed by atoms with Crippen LogP contribution < -0.4 is 0 Å². The van der Waals surface area contributed by atoms with E-state index in [0.717, 1.165) is 0 Å². The van der Waals surface area contributed by atoms with Crippen molar-refractivity contribution in [3.05, 3.63) is 6.92 Å². The van der Waals surface area contributed by atoms with Gasteiger partial charge in [0.1, 0.15) is 0 Å². The molecule has 0 atom stereocenters. The van der Waals surface area contributed by atoms with E-state index in [1.54, 1.807) is 0 Å². The molecule has 47 valence electrons. The van der Waals surface area contributed by atoms with Crippen LogP contribution in [0.25, 0.3) is 0 Å². The minimum absolute atomic E-state index is 0. The van der Waals surface area contributed by atoms with Crippen molar-refractivity contribution >= 4 is 41.5 Å². The third-order valence-corrected chi connectivity index (χ3v) is 0.596. The zero-order valence-corrected chi connectivity index (χ0v) is 4.00. The van der Waals surface area contributed by atoms with E-state index >= 15 is 0 Å². The SMILES string of the molecule is [CH2]C(C(=O)O)C(=O)O.[NaH]. The van der Waals surface area contributed by atoms with Crippen molar-refractivity contribution in [1.29, 1.82) is 0 Å². The van der Waals surface area contributed by atoms with Crippen molar-refractivity contribution in [3.8, 4) is 0 Å². The number of carboxylic acids is 2. The topological polar surface area (TPSA) is 74.6 Å². The van der Waals surface area contributed by atoms with Crippen LogP contribution in [0.15, 0.2) is 0 Å². The van der Waals surface area contributed by atoms with Gasteiger partial charge < -0.3 is 10.2 Å². The molecule has 0 spiro atoms. The van der Waals surface area contributed by atoms with Crippen LogP contribution in [0.5, 0.6) is 0 Å². The summed E-state index contributed by atoms with van der Waals surface area (Å²) in [6.45, 7) is 2.84. The molecular weight excluding hydrogens is 135 g/mol. The fraction of sp³-hybridized carbons (Fsp3) is 0.250. The molecule has 0 aliphatic heterocycles. The average Bonchev–Trinajstić information content (AvgIpc) is 1.64. The van der Waals surface area contributed by atoms with E-state index in [-0.39, 0.29) is 29.6 Å². The van der Waals surface area contributed by atoms with Crippen molar-refractivity contribution in [2.24, 2.45) is 5.92 Å². The molecule has 0 saturated carbocycles. The first-order valence-electron chi connectivity index (χ1n) is 1.84. The normalized spacial score (nSPS) is 8.22. The molecular formula is C4H6NaO4. The number of carbonyl (C=O) groups is 2. The fourth-order valence-electron chi connectivity index (χ4n) is 0.106. The molecule has 4 nitrogen and oxygen atoms in total. The third-order valence-electron chi connectivity index (χ3n) is 0.596. The van der Waals surface area contributed by atoms with Crippen LogP contribution in [0.4, 0.5) is 0 Å². The van der Waals surface area contributed by atoms with E-state index < -0.39 is 17.9 Å². The molecule has 0 heterocycles. The number of rotatable bonds is 2. The van der Waals surface area contributed by atoms with E-state index in [4.69, 9.17) is 10.2 Å². The summed E-state index contributed by atoms with van der Waals surface area (Å²) in [6.07, 6.45) is 0. The molecule has 1 radical (unpaired) electrons. The Morgan fingerprint density at radius 2 is 1.44 bits per heavy atom. The Labute approximate surface area is 74.2 Å². The van der Waals surface area contributed by atoms with Crippen LogP contribution in [-0.4, -0.2) is 51.7 Å². The molecule has 0 aromatic heterocycles. The van der Waals surface area contributed by atoms with Crippen LogP contribution in [-0.2, 0) is 9.59 Å². The molecule has 0 amide bonds. The molecule has 9 heavy (non-hydrogen) atoms.